The number of methoxy groups -OCH3 is 1. The number of rotatable bonds is 7. The van der Waals surface area contributed by atoms with Crippen molar-refractivity contribution in [1.29, 1.82) is 0 Å². The molecule has 1 fully saturated rings. The SMILES string of the molecule is COc1cc(N2CCN(C(C=O)n3nc(C(F)(F)F)c(Cl)c3C)CC2)c(CCO)cc1Cl. The molecule has 2 heterocycles. The van der Waals surface area contributed by atoms with E-state index in [1.165, 1.54) is 14.0 Å². The van der Waals surface area contributed by atoms with Gasteiger partial charge in [0.2, 0.25) is 0 Å². The number of piperazine rings is 1. The zero-order valence-electron chi connectivity index (χ0n) is 17.5. The number of aldehydes is 1. The number of ether oxygens (including phenoxy) is 1. The summed E-state index contributed by atoms with van der Waals surface area (Å²) >= 11 is 12.1. The molecule has 176 valence electrons. The Morgan fingerprint density at radius 3 is 2.41 bits per heavy atom. The molecule has 3 rings (SSSR count). The van der Waals surface area contributed by atoms with E-state index in [9.17, 15) is 23.1 Å². The Labute approximate surface area is 193 Å². The zero-order valence-corrected chi connectivity index (χ0v) is 19.0. The largest absolute Gasteiger partial charge is 0.495 e. The monoisotopic (exact) mass is 494 g/mol. The van der Waals surface area contributed by atoms with E-state index in [0.717, 1.165) is 15.9 Å². The van der Waals surface area contributed by atoms with E-state index in [4.69, 9.17) is 27.9 Å². The minimum absolute atomic E-state index is 0.0519. The number of aliphatic hydroxyl groups excluding tert-OH is 1. The van der Waals surface area contributed by atoms with Crippen molar-refractivity contribution < 1.29 is 27.8 Å². The number of carbonyl (C=O) groups is 1. The number of halogens is 5. The standard InChI is InChI=1S/C20H23Cl2F3N4O3/c1-12-18(22)19(20(23,24)25)26-29(12)17(11-31)28-6-4-27(5-7-28)15-10-16(32-2)14(21)9-13(15)3-8-30/h9-11,17,30H,3-8H2,1-2H3. The van der Waals surface area contributed by atoms with Gasteiger partial charge in [-0.15, -0.1) is 0 Å². The second-order valence-electron chi connectivity index (χ2n) is 7.35. The van der Waals surface area contributed by atoms with Crippen molar-refractivity contribution in [3.8, 4) is 5.75 Å². The fourth-order valence-corrected chi connectivity index (χ4v) is 4.31. The maximum atomic E-state index is 13.2. The maximum Gasteiger partial charge on any atom is 0.436 e. The summed E-state index contributed by atoms with van der Waals surface area (Å²) < 4.78 is 45.9. The van der Waals surface area contributed by atoms with Gasteiger partial charge in [0, 0.05) is 44.5 Å². The van der Waals surface area contributed by atoms with Crippen LogP contribution in [0, 0.1) is 6.92 Å². The number of carbonyl (C=O) groups excluding carboxylic acids is 1. The first-order valence-corrected chi connectivity index (χ1v) is 10.6. The van der Waals surface area contributed by atoms with Crippen molar-refractivity contribution in [2.75, 3.05) is 44.8 Å². The van der Waals surface area contributed by atoms with E-state index in [1.54, 1.807) is 17.0 Å². The Morgan fingerprint density at radius 1 is 1.25 bits per heavy atom. The third-order valence-corrected chi connectivity index (χ3v) is 6.23. The van der Waals surface area contributed by atoms with Crippen LogP contribution in [-0.4, -0.2) is 66.0 Å². The van der Waals surface area contributed by atoms with Gasteiger partial charge in [-0.2, -0.15) is 18.3 Å². The van der Waals surface area contributed by atoms with E-state index in [2.05, 4.69) is 10.00 Å². The van der Waals surface area contributed by atoms with Crippen LogP contribution in [0.4, 0.5) is 18.9 Å². The summed E-state index contributed by atoms with van der Waals surface area (Å²) in [5, 5.41) is 12.9. The van der Waals surface area contributed by atoms with E-state index in [0.29, 0.717) is 49.7 Å². The highest BCUT2D eigenvalue weighted by atomic mass is 35.5. The Kier molecular flexibility index (Phi) is 7.59. The van der Waals surface area contributed by atoms with Crippen molar-refractivity contribution in [3.05, 3.63) is 39.1 Å². The number of nitrogens with zero attached hydrogens (tertiary/aromatic N) is 4. The summed E-state index contributed by atoms with van der Waals surface area (Å²) in [6, 6.07) is 3.55. The second-order valence-corrected chi connectivity index (χ2v) is 8.14. The van der Waals surface area contributed by atoms with Gasteiger partial charge in [-0.05, 0) is 25.0 Å². The Bertz CT molecular complexity index is 976. The molecule has 1 atom stereocenters. The summed E-state index contributed by atoms with van der Waals surface area (Å²) in [6.45, 7) is 3.13. The minimum atomic E-state index is -4.71. The molecule has 1 aliphatic rings. The van der Waals surface area contributed by atoms with Gasteiger partial charge >= 0.3 is 6.18 Å². The lowest BCUT2D eigenvalue weighted by Gasteiger charge is -2.39. The summed E-state index contributed by atoms with van der Waals surface area (Å²) in [4.78, 5) is 15.7. The van der Waals surface area contributed by atoms with Gasteiger partial charge in [0.15, 0.2) is 18.1 Å². The fourth-order valence-electron chi connectivity index (χ4n) is 3.82. The number of alkyl halides is 3. The van der Waals surface area contributed by atoms with Crippen molar-refractivity contribution >= 4 is 35.2 Å². The average Bonchev–Trinajstić information content (AvgIpc) is 3.05. The first-order chi connectivity index (χ1) is 15.1. The van der Waals surface area contributed by atoms with Gasteiger partial charge in [0.1, 0.15) is 5.75 Å². The third kappa shape index (κ3) is 4.83. The first kappa shape index (κ1) is 24.6. The van der Waals surface area contributed by atoms with E-state index >= 15 is 0 Å². The van der Waals surface area contributed by atoms with Gasteiger partial charge in [0.05, 0.1) is 22.8 Å². The van der Waals surface area contributed by atoms with Crippen LogP contribution >= 0.6 is 23.2 Å². The predicted molar refractivity (Wildman–Crippen MR) is 115 cm³/mol. The molecule has 0 saturated carbocycles. The van der Waals surface area contributed by atoms with Crippen LogP contribution in [0.2, 0.25) is 10.0 Å². The molecular formula is C20H23Cl2F3N4O3. The van der Waals surface area contributed by atoms with Crippen molar-refractivity contribution in [1.82, 2.24) is 14.7 Å². The number of benzene rings is 1. The van der Waals surface area contributed by atoms with Crippen LogP contribution in [0.5, 0.6) is 5.75 Å². The second kappa shape index (κ2) is 9.86. The molecule has 32 heavy (non-hydrogen) atoms. The molecule has 1 unspecified atom stereocenters. The molecule has 12 heteroatoms. The van der Waals surface area contributed by atoms with E-state index in [1.807, 2.05) is 0 Å². The molecule has 0 amide bonds. The van der Waals surface area contributed by atoms with Crippen LogP contribution in [0.1, 0.15) is 23.1 Å². The molecular weight excluding hydrogens is 472 g/mol. The van der Waals surface area contributed by atoms with Crippen LogP contribution in [-0.2, 0) is 17.4 Å². The maximum absolute atomic E-state index is 13.2. The molecule has 1 aromatic carbocycles. The smallest absolute Gasteiger partial charge is 0.436 e. The Balaban J connectivity index is 1.82. The van der Waals surface area contributed by atoms with Crippen LogP contribution < -0.4 is 9.64 Å². The molecule has 0 bridgehead atoms. The lowest BCUT2D eigenvalue weighted by atomic mass is 10.1. The highest BCUT2D eigenvalue weighted by Gasteiger charge is 2.40. The number of aliphatic hydroxyl groups is 1. The van der Waals surface area contributed by atoms with Gasteiger partial charge in [-0.25, -0.2) is 4.68 Å². The number of anilines is 1. The van der Waals surface area contributed by atoms with E-state index < -0.39 is 23.1 Å². The average molecular weight is 495 g/mol. The van der Waals surface area contributed by atoms with Gasteiger partial charge in [-0.3, -0.25) is 9.69 Å². The highest BCUT2D eigenvalue weighted by Crippen LogP contribution is 2.37. The van der Waals surface area contributed by atoms with E-state index in [-0.39, 0.29) is 12.3 Å². The number of hydrogen-bond acceptors (Lipinski definition) is 6. The quantitative estimate of drug-likeness (QED) is 0.593. The van der Waals surface area contributed by atoms with Crippen LogP contribution in [0.25, 0.3) is 0 Å². The normalized spacial score (nSPS) is 16.3. The van der Waals surface area contributed by atoms with Crippen molar-refractivity contribution in [3.63, 3.8) is 0 Å². The van der Waals surface area contributed by atoms with Gasteiger partial charge in [-0.1, -0.05) is 23.2 Å². The summed E-state index contributed by atoms with van der Waals surface area (Å²) in [6.07, 6.45) is -4.76. The predicted octanol–water partition coefficient (Wildman–Crippen LogP) is 3.58. The number of hydrogen-bond donors (Lipinski definition) is 1. The zero-order chi connectivity index (χ0) is 23.6. The van der Waals surface area contributed by atoms with Crippen LogP contribution in [0.3, 0.4) is 0 Å². The van der Waals surface area contributed by atoms with Gasteiger partial charge in [0.25, 0.3) is 0 Å². The minimum Gasteiger partial charge on any atom is -0.495 e. The summed E-state index contributed by atoms with van der Waals surface area (Å²) in [5.41, 5.74) is 0.568. The van der Waals surface area contributed by atoms with Crippen molar-refractivity contribution in [2.24, 2.45) is 0 Å². The summed E-state index contributed by atoms with van der Waals surface area (Å²) in [5.74, 6) is 0.498. The topological polar surface area (TPSA) is 70.8 Å². The molecule has 0 spiro atoms. The molecule has 1 aromatic heterocycles. The molecule has 1 saturated heterocycles. The summed E-state index contributed by atoms with van der Waals surface area (Å²) in [7, 11) is 1.51. The molecule has 0 radical (unpaired) electrons. The molecule has 0 aliphatic carbocycles. The fraction of sp³-hybridized carbons (Fsp3) is 0.500. The van der Waals surface area contributed by atoms with Crippen LogP contribution in [0.15, 0.2) is 12.1 Å². The lowest BCUT2D eigenvalue weighted by molar-refractivity contribution is -0.142. The van der Waals surface area contributed by atoms with Crippen molar-refractivity contribution in [2.45, 2.75) is 25.7 Å². The lowest BCUT2D eigenvalue weighted by Crippen LogP contribution is -2.50. The highest BCUT2D eigenvalue weighted by molar-refractivity contribution is 6.32. The number of aromatic nitrogens is 2. The van der Waals surface area contributed by atoms with Gasteiger partial charge < -0.3 is 14.7 Å². The molecule has 2 aromatic rings. The third-order valence-electron chi connectivity index (χ3n) is 5.48. The first-order valence-electron chi connectivity index (χ1n) is 9.85. The Hall–Kier alpha value is -2.01. The molecule has 1 aliphatic heterocycles. The molecule has 1 N–H and O–H groups in total. The molecule has 7 nitrogen and oxygen atoms in total. The Morgan fingerprint density at radius 2 is 1.91 bits per heavy atom.